The fourth-order valence-corrected chi connectivity index (χ4v) is 6.29. The lowest BCUT2D eigenvalue weighted by atomic mass is 10.1. The molecule has 0 aliphatic heterocycles. The van der Waals surface area contributed by atoms with Crippen LogP contribution in [0.2, 0.25) is 5.02 Å². The Balaban J connectivity index is 1.54. The Morgan fingerprint density at radius 1 is 1.13 bits per heavy atom. The molecule has 196 valence electrons. The summed E-state index contributed by atoms with van der Waals surface area (Å²) >= 11 is 6.23. The number of imidazole rings is 1. The fraction of sp³-hybridized carbons (Fsp3) is 0.222. The van der Waals surface area contributed by atoms with Crippen LogP contribution in [0.1, 0.15) is 36.2 Å². The normalized spacial score (nSPS) is 13.0. The van der Waals surface area contributed by atoms with Crippen LogP contribution in [0.25, 0.3) is 5.69 Å². The summed E-state index contributed by atoms with van der Waals surface area (Å²) in [7, 11) is -4.14. The molecule has 0 fully saturated rings. The van der Waals surface area contributed by atoms with Crippen molar-refractivity contribution in [1.82, 2.24) is 24.2 Å². The van der Waals surface area contributed by atoms with E-state index in [1.807, 2.05) is 42.0 Å². The van der Waals surface area contributed by atoms with Crippen LogP contribution < -0.4 is 10.0 Å². The topological polar surface area (TPSA) is 122 Å². The van der Waals surface area contributed by atoms with Gasteiger partial charge in [-0.15, -0.1) is 0 Å². The molecule has 0 saturated carbocycles. The third-order valence-corrected chi connectivity index (χ3v) is 8.30. The molecule has 0 aliphatic carbocycles. The van der Waals surface area contributed by atoms with Crippen molar-refractivity contribution in [3.05, 3.63) is 101 Å². The first-order chi connectivity index (χ1) is 18.2. The highest BCUT2D eigenvalue weighted by Gasteiger charge is 2.30. The summed E-state index contributed by atoms with van der Waals surface area (Å²) in [4.78, 5) is 17.3. The molecule has 2 heterocycles. The third-order valence-electron chi connectivity index (χ3n) is 6.20. The number of nitrogens with one attached hydrogen (secondary N) is 2. The van der Waals surface area contributed by atoms with Gasteiger partial charge in [-0.2, -0.15) is 9.98 Å². The molecule has 0 radical (unpaired) electrons. The van der Waals surface area contributed by atoms with Gasteiger partial charge in [0.25, 0.3) is 0 Å². The van der Waals surface area contributed by atoms with Crippen molar-refractivity contribution < 1.29 is 13.2 Å². The monoisotopic (exact) mass is 550 g/mol. The smallest absolute Gasteiger partial charge is 0.243 e. The number of rotatable bonds is 10. The minimum absolute atomic E-state index is 0.0686. The molecule has 2 N–H and O–H groups in total. The predicted molar refractivity (Wildman–Crippen MR) is 144 cm³/mol. The van der Waals surface area contributed by atoms with Crippen molar-refractivity contribution in [1.29, 1.82) is 5.26 Å². The van der Waals surface area contributed by atoms with Gasteiger partial charge in [-0.1, -0.05) is 35.9 Å². The number of amides is 1. The lowest BCUT2D eigenvalue weighted by Crippen LogP contribution is -2.47. The molecule has 9 nitrogen and oxygen atoms in total. The fourth-order valence-electron chi connectivity index (χ4n) is 4.25. The summed E-state index contributed by atoms with van der Waals surface area (Å²) in [6.07, 6.45) is 7.05. The van der Waals surface area contributed by atoms with Crippen LogP contribution in [-0.2, 0) is 21.4 Å². The van der Waals surface area contributed by atoms with Gasteiger partial charge < -0.3 is 14.5 Å². The highest BCUT2D eigenvalue weighted by Crippen LogP contribution is 2.26. The number of benzene rings is 2. The van der Waals surface area contributed by atoms with Gasteiger partial charge in [0, 0.05) is 36.9 Å². The molecule has 2 aromatic carbocycles. The summed E-state index contributed by atoms with van der Waals surface area (Å²) in [5.74, 6) is -0.491. The first-order valence-corrected chi connectivity index (χ1v) is 13.7. The van der Waals surface area contributed by atoms with E-state index >= 15 is 0 Å². The number of hydrogen-bond acceptors (Lipinski definition) is 5. The summed E-state index contributed by atoms with van der Waals surface area (Å²) in [5, 5.41) is 12.3. The minimum Gasteiger partial charge on any atom is -0.351 e. The zero-order valence-corrected chi connectivity index (χ0v) is 22.4. The van der Waals surface area contributed by atoms with Crippen LogP contribution in [0.15, 0.2) is 84.4 Å². The van der Waals surface area contributed by atoms with Crippen molar-refractivity contribution >= 4 is 27.5 Å². The number of carbonyl (C=O) groups excluding carboxylic acids is 1. The average Bonchev–Trinajstić information content (AvgIpc) is 3.59. The Hall–Kier alpha value is -3.91. The molecule has 0 spiro atoms. The first-order valence-electron chi connectivity index (χ1n) is 11.9. The van der Waals surface area contributed by atoms with Gasteiger partial charge in [0.2, 0.25) is 15.9 Å². The average molecular weight is 551 g/mol. The van der Waals surface area contributed by atoms with Gasteiger partial charge in [0.15, 0.2) is 0 Å². The maximum atomic E-state index is 13.4. The van der Waals surface area contributed by atoms with Crippen molar-refractivity contribution in [3.8, 4) is 11.8 Å². The number of hydrogen-bond donors (Lipinski definition) is 2. The Bertz CT molecular complexity index is 1540. The van der Waals surface area contributed by atoms with Gasteiger partial charge in [-0.3, -0.25) is 4.79 Å². The van der Waals surface area contributed by atoms with E-state index in [0.717, 1.165) is 11.3 Å². The van der Waals surface area contributed by atoms with Crippen molar-refractivity contribution in [2.45, 2.75) is 43.8 Å². The first kappa shape index (κ1) is 27.1. The van der Waals surface area contributed by atoms with E-state index in [1.54, 1.807) is 54.5 Å². The SMILES string of the molecule is Cc1cccc(Cl)c1S(=O)(=O)NC(CC(C)n1cccc1C#N)C(=O)NCc1ccc(-n2ccnc2)cc1. The van der Waals surface area contributed by atoms with Crippen LogP contribution in [0.5, 0.6) is 0 Å². The lowest BCUT2D eigenvalue weighted by Gasteiger charge is -2.24. The van der Waals surface area contributed by atoms with Crippen LogP contribution in [0.4, 0.5) is 0 Å². The van der Waals surface area contributed by atoms with E-state index in [2.05, 4.69) is 21.1 Å². The zero-order valence-electron chi connectivity index (χ0n) is 20.9. The molecule has 2 unspecified atom stereocenters. The highest BCUT2D eigenvalue weighted by molar-refractivity contribution is 7.89. The largest absolute Gasteiger partial charge is 0.351 e. The molecule has 0 aliphatic rings. The summed E-state index contributed by atoms with van der Waals surface area (Å²) < 4.78 is 32.9. The van der Waals surface area contributed by atoms with Gasteiger partial charge in [0.1, 0.15) is 22.7 Å². The van der Waals surface area contributed by atoms with Crippen LogP contribution in [0.3, 0.4) is 0 Å². The Kier molecular flexibility index (Phi) is 8.32. The standard InChI is InChI=1S/C27H27ClN6O3S/c1-19-5-3-7-24(28)26(19)38(36,37)32-25(15-20(2)34-13-4-6-23(34)16-29)27(35)31-17-21-8-10-22(11-9-21)33-14-12-30-18-33/h3-14,18,20,25,32H,15,17H2,1-2H3,(H,31,35). The molecule has 2 aromatic heterocycles. The Morgan fingerprint density at radius 2 is 1.89 bits per heavy atom. The molecular weight excluding hydrogens is 524 g/mol. The second-order valence-electron chi connectivity index (χ2n) is 8.91. The molecule has 1 amide bonds. The molecule has 11 heteroatoms. The van der Waals surface area contributed by atoms with Crippen molar-refractivity contribution in [2.75, 3.05) is 0 Å². The number of carbonyl (C=O) groups is 1. The Labute approximate surface area is 226 Å². The summed E-state index contributed by atoms with van der Waals surface area (Å²) in [6, 6.07) is 16.4. The van der Waals surface area contributed by atoms with E-state index < -0.39 is 22.0 Å². The summed E-state index contributed by atoms with van der Waals surface area (Å²) in [6.45, 7) is 3.67. The quantitative estimate of drug-likeness (QED) is 0.307. The zero-order chi connectivity index (χ0) is 27.3. The van der Waals surface area contributed by atoms with E-state index in [0.29, 0.717) is 11.3 Å². The second-order valence-corrected chi connectivity index (χ2v) is 11.0. The molecule has 0 bridgehead atoms. The number of sulfonamides is 1. The van der Waals surface area contributed by atoms with Crippen molar-refractivity contribution in [2.24, 2.45) is 0 Å². The van der Waals surface area contributed by atoms with Crippen LogP contribution in [0, 0.1) is 18.3 Å². The maximum absolute atomic E-state index is 13.4. The summed E-state index contributed by atoms with van der Waals surface area (Å²) in [5.41, 5.74) is 2.65. The molecule has 4 aromatic rings. The minimum atomic E-state index is -4.14. The lowest BCUT2D eigenvalue weighted by molar-refractivity contribution is -0.123. The molecule has 2 atom stereocenters. The van der Waals surface area contributed by atoms with E-state index in [1.165, 1.54) is 6.07 Å². The van der Waals surface area contributed by atoms with Gasteiger partial charge in [-0.25, -0.2) is 13.4 Å². The number of nitriles is 1. The van der Waals surface area contributed by atoms with E-state index in [-0.39, 0.29) is 28.9 Å². The van der Waals surface area contributed by atoms with E-state index in [9.17, 15) is 18.5 Å². The molecule has 4 rings (SSSR count). The van der Waals surface area contributed by atoms with E-state index in [4.69, 9.17) is 11.6 Å². The number of aryl methyl sites for hydroxylation is 1. The highest BCUT2D eigenvalue weighted by atomic mass is 35.5. The number of halogens is 1. The number of nitrogens with zero attached hydrogens (tertiary/aromatic N) is 4. The van der Waals surface area contributed by atoms with Crippen LogP contribution >= 0.6 is 11.6 Å². The van der Waals surface area contributed by atoms with Gasteiger partial charge >= 0.3 is 0 Å². The Morgan fingerprint density at radius 3 is 2.55 bits per heavy atom. The third kappa shape index (κ3) is 6.14. The van der Waals surface area contributed by atoms with Gasteiger partial charge in [0.05, 0.1) is 11.3 Å². The second kappa shape index (κ2) is 11.6. The van der Waals surface area contributed by atoms with Crippen molar-refractivity contribution in [3.63, 3.8) is 0 Å². The molecular formula is C27H27ClN6O3S. The predicted octanol–water partition coefficient (Wildman–Crippen LogP) is 4.12. The number of aromatic nitrogens is 3. The van der Waals surface area contributed by atoms with Gasteiger partial charge in [-0.05, 0) is 61.7 Å². The molecule has 0 saturated heterocycles. The molecule has 38 heavy (non-hydrogen) atoms. The maximum Gasteiger partial charge on any atom is 0.243 e. The van der Waals surface area contributed by atoms with Crippen LogP contribution in [-0.4, -0.2) is 34.5 Å².